The van der Waals surface area contributed by atoms with Gasteiger partial charge in [-0.1, -0.05) is 18.2 Å². The minimum atomic E-state index is -0.169. The number of hydrogen-bond donors (Lipinski definition) is 0. The normalized spacial score (nSPS) is 15.8. The van der Waals surface area contributed by atoms with Crippen LogP contribution in [-0.4, -0.2) is 72.7 Å². The number of nitrogens with zero attached hydrogens (tertiary/aromatic N) is 5. The molecule has 10 heteroatoms. The van der Waals surface area contributed by atoms with E-state index >= 15 is 0 Å². The number of amides is 2. The second kappa shape index (κ2) is 11.8. The Labute approximate surface area is 221 Å². The van der Waals surface area contributed by atoms with Crippen molar-refractivity contribution >= 4 is 23.5 Å². The molecule has 1 aromatic heterocycles. The van der Waals surface area contributed by atoms with Crippen LogP contribution in [0.4, 0.5) is 11.6 Å². The van der Waals surface area contributed by atoms with Crippen LogP contribution in [0.1, 0.15) is 18.9 Å². The van der Waals surface area contributed by atoms with Gasteiger partial charge in [-0.2, -0.15) is 0 Å². The summed E-state index contributed by atoms with van der Waals surface area (Å²) in [5.74, 6) is 2.18. The third-order valence-electron chi connectivity index (χ3n) is 6.54. The van der Waals surface area contributed by atoms with Crippen molar-refractivity contribution in [2.45, 2.75) is 19.9 Å². The van der Waals surface area contributed by atoms with E-state index in [1.54, 1.807) is 53.4 Å². The first-order valence-electron chi connectivity index (χ1n) is 12.8. The predicted molar refractivity (Wildman–Crippen MR) is 142 cm³/mol. The topological polar surface area (TPSA) is 97.3 Å². The average molecular weight is 518 g/mol. The maximum absolute atomic E-state index is 13.5. The molecule has 2 aliphatic heterocycles. The fraction of sp³-hybridized carbons (Fsp3) is 0.357. The lowest BCUT2D eigenvalue weighted by atomic mass is 10.1. The summed E-state index contributed by atoms with van der Waals surface area (Å²) in [7, 11) is 0. The Morgan fingerprint density at radius 1 is 0.921 bits per heavy atom. The van der Waals surface area contributed by atoms with Crippen LogP contribution in [0.25, 0.3) is 0 Å². The van der Waals surface area contributed by atoms with Gasteiger partial charge < -0.3 is 28.9 Å². The van der Waals surface area contributed by atoms with E-state index in [1.165, 1.54) is 0 Å². The van der Waals surface area contributed by atoms with Gasteiger partial charge in [-0.3, -0.25) is 9.59 Å². The lowest BCUT2D eigenvalue weighted by Crippen LogP contribution is -2.41. The largest absolute Gasteiger partial charge is 0.486 e. The molecule has 0 saturated carbocycles. The average Bonchev–Trinajstić information content (AvgIpc) is 2.99. The number of carbonyl (C=O) groups excluding carboxylic acids is 2. The monoisotopic (exact) mass is 517 g/mol. The third kappa shape index (κ3) is 5.96. The van der Waals surface area contributed by atoms with Gasteiger partial charge in [0, 0.05) is 63.8 Å². The molecule has 198 valence electrons. The van der Waals surface area contributed by atoms with Crippen molar-refractivity contribution in [3.63, 3.8) is 0 Å². The van der Waals surface area contributed by atoms with Gasteiger partial charge in [0.1, 0.15) is 19.0 Å². The number of benzene rings is 2. The van der Waals surface area contributed by atoms with Crippen LogP contribution in [0.5, 0.6) is 17.2 Å². The summed E-state index contributed by atoms with van der Waals surface area (Å²) in [6.45, 7) is 4.93. The summed E-state index contributed by atoms with van der Waals surface area (Å²) in [4.78, 5) is 40.5. The Morgan fingerprint density at radius 3 is 2.53 bits per heavy atom. The quantitative estimate of drug-likeness (QED) is 0.521. The standard InChI is InChI=1S/C28H31N5O5/c1-21(34)33-13-5-12-31(28-29-10-4-11-30-28)14-15-32(19-22-6-2-3-7-24(22)33)27(35)20-38-23-8-9-25-26(18-23)37-17-16-36-25/h2-4,6-11,18H,5,12-17,19-20H2,1H3. The number of ether oxygens (including phenoxy) is 3. The van der Waals surface area contributed by atoms with Gasteiger partial charge in [0.2, 0.25) is 11.9 Å². The van der Waals surface area contributed by atoms with Crippen LogP contribution in [0.15, 0.2) is 60.9 Å². The van der Waals surface area contributed by atoms with E-state index in [1.807, 2.05) is 24.3 Å². The lowest BCUT2D eigenvalue weighted by Gasteiger charge is -2.28. The number of para-hydroxylation sites is 1. The first-order chi connectivity index (χ1) is 18.6. The summed E-state index contributed by atoms with van der Waals surface area (Å²) in [5.41, 5.74) is 1.72. The molecule has 0 atom stereocenters. The van der Waals surface area contributed by atoms with E-state index in [0.717, 1.165) is 17.7 Å². The Balaban J connectivity index is 1.38. The summed E-state index contributed by atoms with van der Waals surface area (Å²) in [6, 6.07) is 14.8. The molecular formula is C28H31N5O5. The highest BCUT2D eigenvalue weighted by Gasteiger charge is 2.23. The minimum Gasteiger partial charge on any atom is -0.486 e. The molecule has 3 aromatic rings. The molecule has 0 N–H and O–H groups in total. The van der Waals surface area contributed by atoms with Gasteiger partial charge in [-0.15, -0.1) is 0 Å². The Hall–Kier alpha value is -4.34. The number of hydrogen-bond acceptors (Lipinski definition) is 8. The molecule has 0 aliphatic carbocycles. The van der Waals surface area contributed by atoms with Gasteiger partial charge in [-0.05, 0) is 36.2 Å². The van der Waals surface area contributed by atoms with Crippen molar-refractivity contribution in [2.24, 2.45) is 0 Å². The molecule has 2 aliphatic rings. The molecule has 3 heterocycles. The van der Waals surface area contributed by atoms with Gasteiger partial charge >= 0.3 is 0 Å². The Bertz CT molecular complexity index is 1270. The van der Waals surface area contributed by atoms with Crippen molar-refractivity contribution in [3.8, 4) is 17.2 Å². The van der Waals surface area contributed by atoms with Gasteiger partial charge in [0.05, 0.1) is 0 Å². The fourth-order valence-corrected chi connectivity index (χ4v) is 4.63. The van der Waals surface area contributed by atoms with Crippen molar-refractivity contribution in [1.82, 2.24) is 14.9 Å². The van der Waals surface area contributed by atoms with E-state index in [4.69, 9.17) is 14.2 Å². The number of aromatic nitrogens is 2. The van der Waals surface area contributed by atoms with E-state index in [-0.39, 0.29) is 18.4 Å². The minimum absolute atomic E-state index is 0.0426. The van der Waals surface area contributed by atoms with E-state index in [9.17, 15) is 9.59 Å². The zero-order valence-corrected chi connectivity index (χ0v) is 21.4. The third-order valence-corrected chi connectivity index (χ3v) is 6.54. The Morgan fingerprint density at radius 2 is 1.71 bits per heavy atom. The highest BCUT2D eigenvalue weighted by molar-refractivity contribution is 5.92. The maximum Gasteiger partial charge on any atom is 0.260 e. The van der Waals surface area contributed by atoms with Crippen LogP contribution < -0.4 is 24.0 Å². The summed E-state index contributed by atoms with van der Waals surface area (Å²) in [5, 5.41) is 0. The van der Waals surface area contributed by atoms with Gasteiger partial charge in [0.25, 0.3) is 5.91 Å². The first kappa shape index (κ1) is 25.3. The van der Waals surface area contributed by atoms with Crippen molar-refractivity contribution in [1.29, 1.82) is 0 Å². The number of rotatable bonds is 4. The lowest BCUT2D eigenvalue weighted by molar-refractivity contribution is -0.133. The molecule has 2 amide bonds. The molecule has 0 radical (unpaired) electrons. The zero-order valence-electron chi connectivity index (χ0n) is 21.4. The fourth-order valence-electron chi connectivity index (χ4n) is 4.63. The SMILES string of the molecule is CC(=O)N1CCCN(c2ncccn2)CCN(C(=O)COc2ccc3c(c2)OCCO3)Cc2ccccc21. The second-order valence-corrected chi connectivity index (χ2v) is 9.10. The second-order valence-electron chi connectivity index (χ2n) is 9.10. The van der Waals surface area contributed by atoms with Crippen LogP contribution in [0.3, 0.4) is 0 Å². The highest BCUT2D eigenvalue weighted by atomic mass is 16.6. The van der Waals surface area contributed by atoms with E-state index in [0.29, 0.717) is 69.1 Å². The van der Waals surface area contributed by atoms with Crippen LogP contribution in [-0.2, 0) is 16.1 Å². The molecule has 0 unspecified atom stereocenters. The molecule has 10 nitrogen and oxygen atoms in total. The van der Waals surface area contributed by atoms with Crippen LogP contribution >= 0.6 is 0 Å². The first-order valence-corrected chi connectivity index (χ1v) is 12.8. The molecule has 38 heavy (non-hydrogen) atoms. The molecule has 0 saturated heterocycles. The highest BCUT2D eigenvalue weighted by Crippen LogP contribution is 2.33. The molecular weight excluding hydrogens is 486 g/mol. The number of fused-ring (bicyclic) bond motifs is 2. The van der Waals surface area contributed by atoms with Crippen molar-refractivity contribution < 1.29 is 23.8 Å². The van der Waals surface area contributed by atoms with E-state index in [2.05, 4.69) is 14.9 Å². The smallest absolute Gasteiger partial charge is 0.260 e. The van der Waals surface area contributed by atoms with Crippen molar-refractivity contribution in [2.75, 3.05) is 55.8 Å². The molecule has 2 aromatic carbocycles. The molecule has 5 rings (SSSR count). The van der Waals surface area contributed by atoms with Crippen LogP contribution in [0.2, 0.25) is 0 Å². The maximum atomic E-state index is 13.5. The van der Waals surface area contributed by atoms with E-state index < -0.39 is 0 Å². The Kier molecular flexibility index (Phi) is 7.86. The van der Waals surface area contributed by atoms with Crippen molar-refractivity contribution in [3.05, 3.63) is 66.5 Å². The molecule has 0 spiro atoms. The summed E-state index contributed by atoms with van der Waals surface area (Å²) in [6.07, 6.45) is 4.14. The molecule has 0 fully saturated rings. The van der Waals surface area contributed by atoms with Gasteiger partial charge in [-0.25, -0.2) is 9.97 Å². The predicted octanol–water partition coefficient (Wildman–Crippen LogP) is 2.92. The number of carbonyl (C=O) groups is 2. The summed E-state index contributed by atoms with van der Waals surface area (Å²) >= 11 is 0. The zero-order chi connectivity index (χ0) is 26.3. The number of anilines is 2. The molecule has 0 bridgehead atoms. The summed E-state index contributed by atoms with van der Waals surface area (Å²) < 4.78 is 17.1. The van der Waals surface area contributed by atoms with Crippen LogP contribution in [0, 0.1) is 0 Å². The van der Waals surface area contributed by atoms with Gasteiger partial charge in [0.15, 0.2) is 18.1 Å².